The molecule has 2 saturated heterocycles. The number of imidazole rings is 1. The van der Waals surface area contributed by atoms with Crippen molar-refractivity contribution >= 4 is 17.0 Å². The molecule has 0 spiro atoms. The Morgan fingerprint density at radius 3 is 2.85 bits per heavy atom. The van der Waals surface area contributed by atoms with Crippen LogP contribution in [0.1, 0.15) is 11.8 Å². The van der Waals surface area contributed by atoms with E-state index < -0.39 is 6.23 Å². The number of fused-ring (bicyclic) bond motifs is 2. The van der Waals surface area contributed by atoms with Crippen LogP contribution >= 0.6 is 0 Å². The van der Waals surface area contributed by atoms with Crippen molar-refractivity contribution in [2.24, 2.45) is 0 Å². The average Bonchev–Trinajstić information content (AvgIpc) is 3.38. The molecule has 5 rings (SSSR count). The van der Waals surface area contributed by atoms with Gasteiger partial charge in [-0.25, -0.2) is 15.0 Å². The molecule has 2 aliphatic heterocycles. The molecule has 0 aliphatic carbocycles. The number of nitrogens with zero attached hydrogens (tertiary/aromatic N) is 5. The lowest BCUT2D eigenvalue weighted by molar-refractivity contribution is -0.0852. The lowest BCUT2D eigenvalue weighted by Crippen LogP contribution is -2.41. The van der Waals surface area contributed by atoms with Crippen molar-refractivity contribution in [2.45, 2.75) is 31.0 Å². The van der Waals surface area contributed by atoms with Gasteiger partial charge >= 0.3 is 0 Å². The zero-order valence-corrected chi connectivity index (χ0v) is 14.5. The van der Waals surface area contributed by atoms with Crippen molar-refractivity contribution in [1.82, 2.24) is 24.4 Å². The average molecular weight is 368 g/mol. The third-order valence-electron chi connectivity index (χ3n) is 5.24. The molecule has 9 heteroatoms. The van der Waals surface area contributed by atoms with Crippen molar-refractivity contribution in [3.8, 4) is 0 Å². The molecule has 2 aromatic heterocycles. The summed E-state index contributed by atoms with van der Waals surface area (Å²) in [5.41, 5.74) is 8.20. The van der Waals surface area contributed by atoms with E-state index in [1.165, 1.54) is 11.9 Å². The fourth-order valence-corrected chi connectivity index (χ4v) is 4.01. The zero-order valence-electron chi connectivity index (χ0n) is 14.5. The fraction of sp³-hybridized carbons (Fsp3) is 0.389. The highest BCUT2D eigenvalue weighted by Crippen LogP contribution is 2.40. The predicted molar refractivity (Wildman–Crippen MR) is 96.2 cm³/mol. The predicted octanol–water partition coefficient (Wildman–Crippen LogP) is 0.525. The highest BCUT2D eigenvalue weighted by Gasteiger charge is 2.52. The number of nitrogens with two attached hydrogens (primary N) is 1. The Labute approximate surface area is 155 Å². The van der Waals surface area contributed by atoms with Gasteiger partial charge in [-0.2, -0.15) is 0 Å². The van der Waals surface area contributed by atoms with Crippen molar-refractivity contribution in [3.63, 3.8) is 0 Å². The third-order valence-corrected chi connectivity index (χ3v) is 5.24. The first-order chi connectivity index (χ1) is 13.3. The molecule has 0 saturated carbocycles. The van der Waals surface area contributed by atoms with Crippen LogP contribution in [-0.2, 0) is 16.0 Å². The van der Waals surface area contributed by atoms with Crippen molar-refractivity contribution < 1.29 is 14.6 Å². The van der Waals surface area contributed by atoms with Gasteiger partial charge in [0.05, 0.1) is 19.0 Å². The molecule has 4 unspecified atom stereocenters. The molecule has 4 heterocycles. The maximum atomic E-state index is 9.89. The molecule has 2 fully saturated rings. The maximum absolute atomic E-state index is 9.89. The molecule has 3 aromatic rings. The van der Waals surface area contributed by atoms with E-state index in [-0.39, 0.29) is 24.9 Å². The van der Waals surface area contributed by atoms with Gasteiger partial charge in [0.1, 0.15) is 30.8 Å². The molecule has 3 N–H and O–H groups in total. The monoisotopic (exact) mass is 368 g/mol. The smallest absolute Gasteiger partial charge is 0.167 e. The van der Waals surface area contributed by atoms with Crippen LogP contribution < -0.4 is 5.73 Å². The maximum Gasteiger partial charge on any atom is 0.167 e. The van der Waals surface area contributed by atoms with E-state index in [4.69, 9.17) is 15.2 Å². The van der Waals surface area contributed by atoms with E-state index in [0.29, 0.717) is 23.7 Å². The number of aliphatic hydroxyl groups is 1. The van der Waals surface area contributed by atoms with Crippen molar-refractivity contribution in [2.75, 3.05) is 19.1 Å². The quantitative estimate of drug-likeness (QED) is 0.686. The van der Waals surface area contributed by atoms with Crippen LogP contribution in [0.25, 0.3) is 11.2 Å². The van der Waals surface area contributed by atoms with E-state index in [1.807, 2.05) is 22.8 Å². The van der Waals surface area contributed by atoms with Gasteiger partial charge in [0.15, 0.2) is 17.7 Å². The second-order valence-corrected chi connectivity index (χ2v) is 6.81. The molecule has 9 nitrogen and oxygen atoms in total. The summed E-state index contributed by atoms with van der Waals surface area (Å²) < 4.78 is 14.0. The molecule has 4 atom stereocenters. The summed E-state index contributed by atoms with van der Waals surface area (Å²) in [6.07, 6.45) is 2.01. The highest BCUT2D eigenvalue weighted by molar-refractivity contribution is 5.81. The number of aliphatic hydroxyl groups excluding tert-OH is 1. The summed E-state index contributed by atoms with van der Waals surface area (Å²) >= 11 is 0. The minimum Gasteiger partial charge on any atom is -0.394 e. The Morgan fingerprint density at radius 1 is 1.19 bits per heavy atom. The van der Waals surface area contributed by atoms with Gasteiger partial charge in [0.2, 0.25) is 0 Å². The van der Waals surface area contributed by atoms with Crippen molar-refractivity contribution in [1.29, 1.82) is 0 Å². The van der Waals surface area contributed by atoms with Gasteiger partial charge in [0.25, 0.3) is 0 Å². The molecule has 0 bridgehead atoms. The minimum absolute atomic E-state index is 0.0585. The summed E-state index contributed by atoms with van der Waals surface area (Å²) in [7, 11) is 0. The van der Waals surface area contributed by atoms with Crippen LogP contribution in [0.3, 0.4) is 0 Å². The number of benzene rings is 1. The number of nitrogen functional groups attached to an aromatic ring is 1. The summed E-state index contributed by atoms with van der Waals surface area (Å²) in [5, 5.41) is 9.89. The van der Waals surface area contributed by atoms with Gasteiger partial charge in [-0.1, -0.05) is 30.3 Å². The standard InChI is InChI=1S/C18H20N6O3/c19-16-13-17(21-8-20-16)24(9-22-13)18-15-14(12(7-25)27-18)23(10-26-15)6-11-4-2-1-3-5-11/h1-5,8-9,12,14-15,18,25H,6-7,10H2,(H2,19,20,21). The van der Waals surface area contributed by atoms with Crippen LogP contribution in [0.15, 0.2) is 43.0 Å². The van der Waals surface area contributed by atoms with Gasteiger partial charge in [-0.15, -0.1) is 0 Å². The number of hydrogen-bond donors (Lipinski definition) is 2. The SMILES string of the molecule is Nc1ncnc2c1ncn2C1OC(CO)C2C1OCN2Cc1ccccc1. The molecule has 1 aromatic carbocycles. The Hall–Kier alpha value is -2.59. The van der Waals surface area contributed by atoms with E-state index in [2.05, 4.69) is 32.0 Å². The number of aromatic nitrogens is 4. The topological polar surface area (TPSA) is 112 Å². The Balaban J connectivity index is 1.46. The lowest BCUT2D eigenvalue weighted by atomic mass is 10.1. The second-order valence-electron chi connectivity index (χ2n) is 6.81. The Morgan fingerprint density at radius 2 is 2.04 bits per heavy atom. The van der Waals surface area contributed by atoms with E-state index in [0.717, 1.165) is 6.54 Å². The van der Waals surface area contributed by atoms with Gasteiger partial charge < -0.3 is 20.3 Å². The fourth-order valence-electron chi connectivity index (χ4n) is 4.01. The summed E-state index contributed by atoms with van der Waals surface area (Å²) in [6.45, 7) is 1.12. The molecule has 27 heavy (non-hydrogen) atoms. The molecular weight excluding hydrogens is 348 g/mol. The number of rotatable bonds is 4. The number of anilines is 1. The number of hydrogen-bond acceptors (Lipinski definition) is 8. The molecular formula is C18H20N6O3. The van der Waals surface area contributed by atoms with E-state index in [9.17, 15) is 5.11 Å². The zero-order chi connectivity index (χ0) is 18.4. The Kier molecular flexibility index (Phi) is 4.01. The first kappa shape index (κ1) is 16.6. The highest BCUT2D eigenvalue weighted by atomic mass is 16.6. The largest absolute Gasteiger partial charge is 0.394 e. The van der Waals surface area contributed by atoms with Crippen molar-refractivity contribution in [3.05, 3.63) is 48.5 Å². The first-order valence-corrected chi connectivity index (χ1v) is 8.85. The van der Waals surface area contributed by atoms with E-state index >= 15 is 0 Å². The molecule has 0 amide bonds. The summed E-state index contributed by atoms with van der Waals surface area (Å²) in [4.78, 5) is 14.8. The summed E-state index contributed by atoms with van der Waals surface area (Å²) in [5.74, 6) is 0.324. The van der Waals surface area contributed by atoms with Crippen LogP contribution in [-0.4, -0.2) is 61.1 Å². The van der Waals surface area contributed by atoms with Gasteiger partial charge in [-0.05, 0) is 5.56 Å². The van der Waals surface area contributed by atoms with Crippen LogP contribution in [0.2, 0.25) is 0 Å². The van der Waals surface area contributed by atoms with E-state index in [1.54, 1.807) is 6.33 Å². The van der Waals surface area contributed by atoms with Crippen LogP contribution in [0.5, 0.6) is 0 Å². The molecule has 0 radical (unpaired) electrons. The normalized spacial score (nSPS) is 28.0. The third kappa shape index (κ3) is 2.67. The number of ether oxygens (including phenoxy) is 2. The summed E-state index contributed by atoms with van der Waals surface area (Å²) in [6, 6.07) is 10.1. The van der Waals surface area contributed by atoms with Crippen LogP contribution in [0.4, 0.5) is 5.82 Å². The van der Waals surface area contributed by atoms with Crippen LogP contribution in [0, 0.1) is 0 Å². The second kappa shape index (κ2) is 6.54. The first-order valence-electron chi connectivity index (χ1n) is 8.85. The minimum atomic E-state index is -0.438. The lowest BCUT2D eigenvalue weighted by Gasteiger charge is -2.24. The molecule has 140 valence electrons. The molecule has 2 aliphatic rings. The van der Waals surface area contributed by atoms with Gasteiger partial charge in [-0.3, -0.25) is 9.47 Å². The van der Waals surface area contributed by atoms with Gasteiger partial charge in [0, 0.05) is 6.54 Å². The Bertz CT molecular complexity index is 949.